The smallest absolute Gasteiger partial charge is 0.183 e. The Labute approximate surface area is 132 Å². The van der Waals surface area contributed by atoms with E-state index in [1.54, 1.807) is 0 Å². The molecule has 0 aromatic carbocycles. The highest BCUT2D eigenvalue weighted by atomic mass is 16.5. The van der Waals surface area contributed by atoms with E-state index < -0.39 is 0 Å². The molecule has 21 heavy (non-hydrogen) atoms. The quantitative estimate of drug-likeness (QED) is 0.345. The van der Waals surface area contributed by atoms with Crippen LogP contribution in [0.4, 0.5) is 0 Å². The van der Waals surface area contributed by atoms with Gasteiger partial charge in [-0.25, -0.2) is 4.99 Å². The fraction of sp³-hybridized carbons (Fsp3) is 0.947. The number of hydrogen-bond donors (Lipinski definition) is 0. The van der Waals surface area contributed by atoms with E-state index >= 15 is 0 Å². The number of aliphatic imine (C=N–C) groups is 1. The van der Waals surface area contributed by atoms with Gasteiger partial charge in [-0.1, -0.05) is 84.5 Å². The summed E-state index contributed by atoms with van der Waals surface area (Å²) in [6, 6.07) is 0.442. The Morgan fingerprint density at radius 3 is 1.81 bits per heavy atom. The normalized spacial score (nSPS) is 17.8. The zero-order valence-corrected chi connectivity index (χ0v) is 14.5. The van der Waals surface area contributed by atoms with Crippen molar-refractivity contribution < 1.29 is 4.74 Å². The van der Waals surface area contributed by atoms with Crippen LogP contribution in [-0.4, -0.2) is 18.5 Å². The number of ether oxygens (including phenoxy) is 1. The molecular weight excluding hydrogens is 258 g/mol. The van der Waals surface area contributed by atoms with Gasteiger partial charge in [0.15, 0.2) is 5.90 Å². The van der Waals surface area contributed by atoms with Gasteiger partial charge >= 0.3 is 0 Å². The predicted molar refractivity (Wildman–Crippen MR) is 93.2 cm³/mol. The third-order valence-electron chi connectivity index (χ3n) is 4.48. The van der Waals surface area contributed by atoms with Crippen LogP contribution < -0.4 is 0 Å². The highest BCUT2D eigenvalue weighted by Crippen LogP contribution is 2.15. The maximum Gasteiger partial charge on any atom is 0.183 e. The van der Waals surface area contributed by atoms with Crippen LogP contribution in [-0.2, 0) is 4.74 Å². The second-order valence-electron chi connectivity index (χ2n) is 6.54. The molecule has 2 heteroatoms. The average molecular weight is 296 g/mol. The van der Waals surface area contributed by atoms with E-state index in [9.17, 15) is 0 Å². The van der Waals surface area contributed by atoms with Crippen LogP contribution in [0, 0.1) is 0 Å². The summed E-state index contributed by atoms with van der Waals surface area (Å²) in [6.45, 7) is 5.29. The molecule has 0 saturated carbocycles. The van der Waals surface area contributed by atoms with E-state index in [2.05, 4.69) is 18.8 Å². The van der Waals surface area contributed by atoms with E-state index in [1.807, 2.05) is 0 Å². The fourth-order valence-electron chi connectivity index (χ4n) is 2.93. The van der Waals surface area contributed by atoms with Crippen LogP contribution in [0.5, 0.6) is 0 Å². The van der Waals surface area contributed by atoms with Crippen LogP contribution in [0.1, 0.15) is 104 Å². The molecule has 1 aliphatic rings. The minimum atomic E-state index is 0.442. The summed E-state index contributed by atoms with van der Waals surface area (Å²) in [5.41, 5.74) is 0. The highest BCUT2D eigenvalue weighted by molar-refractivity contribution is 5.77. The Morgan fingerprint density at radius 2 is 1.33 bits per heavy atom. The molecule has 0 saturated heterocycles. The third kappa shape index (κ3) is 9.92. The molecule has 1 heterocycles. The van der Waals surface area contributed by atoms with Crippen LogP contribution >= 0.6 is 0 Å². The monoisotopic (exact) mass is 295 g/mol. The van der Waals surface area contributed by atoms with Gasteiger partial charge in [-0.15, -0.1) is 0 Å². The first-order valence-corrected chi connectivity index (χ1v) is 9.56. The molecule has 0 N–H and O–H groups in total. The Balaban J connectivity index is 1.77. The van der Waals surface area contributed by atoms with Crippen molar-refractivity contribution in [2.75, 3.05) is 6.61 Å². The standard InChI is InChI=1S/C19H37NO/c1-3-5-6-7-8-9-10-11-12-13-14-15-16-19-20-18(4-2)17-21-19/h18H,3-17H2,1-2H3. The summed E-state index contributed by atoms with van der Waals surface area (Å²) in [7, 11) is 0. The van der Waals surface area contributed by atoms with Crippen molar-refractivity contribution in [1.82, 2.24) is 0 Å². The van der Waals surface area contributed by atoms with Crippen LogP contribution in [0.3, 0.4) is 0 Å². The number of unbranched alkanes of at least 4 members (excludes halogenated alkanes) is 11. The lowest BCUT2D eigenvalue weighted by Crippen LogP contribution is -2.03. The summed E-state index contributed by atoms with van der Waals surface area (Å²) < 4.78 is 5.61. The largest absolute Gasteiger partial charge is 0.479 e. The first-order chi connectivity index (χ1) is 10.4. The Hall–Kier alpha value is -0.530. The van der Waals surface area contributed by atoms with E-state index in [0.29, 0.717) is 6.04 Å². The fourth-order valence-corrected chi connectivity index (χ4v) is 2.93. The predicted octanol–water partition coefficient (Wildman–Crippen LogP) is 6.28. The number of hydrogen-bond acceptors (Lipinski definition) is 2. The van der Waals surface area contributed by atoms with Crippen molar-refractivity contribution in [1.29, 1.82) is 0 Å². The van der Waals surface area contributed by atoms with Crippen molar-refractivity contribution >= 4 is 5.90 Å². The van der Waals surface area contributed by atoms with Crippen molar-refractivity contribution in [2.24, 2.45) is 4.99 Å². The molecule has 1 unspecified atom stereocenters. The van der Waals surface area contributed by atoms with Crippen LogP contribution in [0.2, 0.25) is 0 Å². The van der Waals surface area contributed by atoms with E-state index in [-0.39, 0.29) is 0 Å². The number of nitrogens with zero attached hydrogens (tertiary/aromatic N) is 1. The van der Waals surface area contributed by atoms with Gasteiger partial charge < -0.3 is 4.74 Å². The van der Waals surface area contributed by atoms with Crippen molar-refractivity contribution in [2.45, 2.75) is 110 Å². The first kappa shape index (κ1) is 18.5. The molecule has 0 amide bonds. The van der Waals surface area contributed by atoms with Gasteiger partial charge in [-0.05, 0) is 12.8 Å². The summed E-state index contributed by atoms with van der Waals surface area (Å²) in [4.78, 5) is 4.59. The summed E-state index contributed by atoms with van der Waals surface area (Å²) in [5, 5.41) is 0. The maximum absolute atomic E-state index is 5.61. The maximum atomic E-state index is 5.61. The second kappa shape index (κ2) is 13.2. The lowest BCUT2D eigenvalue weighted by Gasteiger charge is -2.03. The van der Waals surface area contributed by atoms with Crippen LogP contribution in [0.15, 0.2) is 4.99 Å². The second-order valence-corrected chi connectivity index (χ2v) is 6.54. The van der Waals surface area contributed by atoms with E-state index in [1.165, 1.54) is 77.0 Å². The summed E-state index contributed by atoms with van der Waals surface area (Å²) >= 11 is 0. The minimum absolute atomic E-state index is 0.442. The molecule has 0 radical (unpaired) electrons. The van der Waals surface area contributed by atoms with E-state index in [0.717, 1.165) is 25.3 Å². The third-order valence-corrected chi connectivity index (χ3v) is 4.48. The zero-order chi connectivity index (χ0) is 15.2. The molecule has 0 aromatic heterocycles. The molecule has 0 spiro atoms. The Morgan fingerprint density at radius 1 is 0.810 bits per heavy atom. The lowest BCUT2D eigenvalue weighted by molar-refractivity contribution is 0.306. The topological polar surface area (TPSA) is 21.6 Å². The molecule has 124 valence electrons. The Bertz CT molecular complexity index is 262. The van der Waals surface area contributed by atoms with Crippen molar-refractivity contribution in [3.05, 3.63) is 0 Å². The molecule has 0 aliphatic carbocycles. The van der Waals surface area contributed by atoms with Gasteiger partial charge in [0.25, 0.3) is 0 Å². The van der Waals surface area contributed by atoms with Crippen LogP contribution in [0.25, 0.3) is 0 Å². The van der Waals surface area contributed by atoms with Gasteiger partial charge in [0.05, 0.1) is 6.04 Å². The molecule has 1 atom stereocenters. The number of rotatable bonds is 14. The van der Waals surface area contributed by atoms with Gasteiger partial charge in [0.2, 0.25) is 0 Å². The van der Waals surface area contributed by atoms with E-state index in [4.69, 9.17) is 4.74 Å². The zero-order valence-electron chi connectivity index (χ0n) is 14.5. The summed E-state index contributed by atoms with van der Waals surface area (Å²) in [6.07, 6.45) is 19.0. The molecule has 1 aliphatic heterocycles. The van der Waals surface area contributed by atoms with Gasteiger partial charge in [-0.3, -0.25) is 0 Å². The molecular formula is C19H37NO. The SMILES string of the molecule is CCCCCCCCCCCCCCC1=NC(CC)CO1. The molecule has 2 nitrogen and oxygen atoms in total. The van der Waals surface area contributed by atoms with Gasteiger partial charge in [0.1, 0.15) is 6.61 Å². The molecule has 1 rings (SSSR count). The average Bonchev–Trinajstić information content (AvgIpc) is 2.96. The van der Waals surface area contributed by atoms with Gasteiger partial charge in [0, 0.05) is 6.42 Å². The van der Waals surface area contributed by atoms with Crippen molar-refractivity contribution in [3.8, 4) is 0 Å². The Kier molecular flexibility index (Phi) is 11.6. The highest BCUT2D eigenvalue weighted by Gasteiger charge is 2.15. The first-order valence-electron chi connectivity index (χ1n) is 9.56. The summed E-state index contributed by atoms with van der Waals surface area (Å²) in [5.74, 6) is 1.02. The van der Waals surface area contributed by atoms with Gasteiger partial charge in [-0.2, -0.15) is 0 Å². The molecule has 0 aromatic rings. The molecule has 0 bridgehead atoms. The lowest BCUT2D eigenvalue weighted by atomic mass is 10.0. The molecule has 0 fully saturated rings. The minimum Gasteiger partial charge on any atom is -0.479 e. The van der Waals surface area contributed by atoms with Crippen molar-refractivity contribution in [3.63, 3.8) is 0 Å².